The molecule has 1 N–H and O–H groups in total. The lowest BCUT2D eigenvalue weighted by Gasteiger charge is -2.31. The topological polar surface area (TPSA) is 82.1 Å². The third kappa shape index (κ3) is 4.91. The second-order valence-electron chi connectivity index (χ2n) is 5.26. The summed E-state index contributed by atoms with van der Waals surface area (Å²) in [5.74, 6) is -0.861. The Hall–Kier alpha value is -2.18. The number of aliphatic hydroxyl groups is 1. The molecule has 0 aliphatic carbocycles. The van der Waals surface area contributed by atoms with Gasteiger partial charge in [0.2, 0.25) is 0 Å². The van der Waals surface area contributed by atoms with Crippen LogP contribution in [0.5, 0.6) is 0 Å². The molecule has 0 radical (unpaired) electrons. The first-order valence-electron chi connectivity index (χ1n) is 7.33. The maximum absolute atomic E-state index is 11.2. The van der Waals surface area contributed by atoms with Gasteiger partial charge in [-0.1, -0.05) is 30.3 Å². The van der Waals surface area contributed by atoms with Gasteiger partial charge in [-0.3, -0.25) is 9.59 Å². The van der Waals surface area contributed by atoms with E-state index in [4.69, 9.17) is 14.2 Å². The fourth-order valence-electron chi connectivity index (χ4n) is 2.34. The Morgan fingerprint density at radius 3 is 2.65 bits per heavy atom. The zero-order valence-electron chi connectivity index (χ0n) is 13.1. The van der Waals surface area contributed by atoms with Crippen LogP contribution in [0, 0.1) is 0 Å². The van der Waals surface area contributed by atoms with Crippen LogP contribution in [-0.4, -0.2) is 35.9 Å². The molecule has 1 heterocycles. The van der Waals surface area contributed by atoms with Crippen LogP contribution < -0.4 is 0 Å². The molecule has 0 bridgehead atoms. The summed E-state index contributed by atoms with van der Waals surface area (Å²) in [7, 11) is 0. The Morgan fingerprint density at radius 1 is 1.22 bits per heavy atom. The van der Waals surface area contributed by atoms with Gasteiger partial charge in [0.25, 0.3) is 0 Å². The first kappa shape index (κ1) is 17.2. The lowest BCUT2D eigenvalue weighted by molar-refractivity contribution is -0.163. The Balaban J connectivity index is 2.16. The minimum Gasteiger partial charge on any atom is -0.463 e. The largest absolute Gasteiger partial charge is 0.463 e. The summed E-state index contributed by atoms with van der Waals surface area (Å²) >= 11 is 0. The molecule has 124 valence electrons. The zero-order valence-corrected chi connectivity index (χ0v) is 13.1. The van der Waals surface area contributed by atoms with Gasteiger partial charge in [0.15, 0.2) is 0 Å². The smallest absolute Gasteiger partial charge is 0.303 e. The van der Waals surface area contributed by atoms with E-state index in [9.17, 15) is 14.7 Å². The maximum Gasteiger partial charge on any atom is 0.303 e. The van der Waals surface area contributed by atoms with Gasteiger partial charge in [-0.05, 0) is 17.2 Å². The van der Waals surface area contributed by atoms with E-state index in [0.29, 0.717) is 0 Å². The van der Waals surface area contributed by atoms with Crippen molar-refractivity contribution in [2.45, 2.75) is 38.8 Å². The summed E-state index contributed by atoms with van der Waals surface area (Å²) in [6.07, 6.45) is 1.96. The summed E-state index contributed by atoms with van der Waals surface area (Å²) in [6.45, 7) is 2.56. The lowest BCUT2D eigenvalue weighted by Crippen LogP contribution is -2.39. The van der Waals surface area contributed by atoms with Crippen molar-refractivity contribution < 1.29 is 28.9 Å². The van der Waals surface area contributed by atoms with E-state index in [0.717, 1.165) is 11.1 Å². The standard InChI is InChI=1S/C17H20O6/c1-11(19)21-10-17-16(22-12(2)20)7-6-15(23-17)14-5-3-4-13(8-14)9-18/h3-8,15-18H,9-10H2,1-2H3. The second kappa shape index (κ2) is 7.89. The molecular formula is C17H20O6. The van der Waals surface area contributed by atoms with Gasteiger partial charge >= 0.3 is 11.9 Å². The molecule has 2 rings (SSSR count). The van der Waals surface area contributed by atoms with Gasteiger partial charge in [0.05, 0.1) is 6.61 Å². The third-order valence-electron chi connectivity index (χ3n) is 3.38. The summed E-state index contributed by atoms with van der Waals surface area (Å²) in [4.78, 5) is 22.2. The number of hydrogen-bond donors (Lipinski definition) is 1. The van der Waals surface area contributed by atoms with E-state index in [1.807, 2.05) is 24.3 Å². The van der Waals surface area contributed by atoms with Crippen molar-refractivity contribution in [1.82, 2.24) is 0 Å². The van der Waals surface area contributed by atoms with E-state index in [1.165, 1.54) is 13.8 Å². The summed E-state index contributed by atoms with van der Waals surface area (Å²) < 4.78 is 16.1. The molecule has 0 spiro atoms. The van der Waals surface area contributed by atoms with Crippen molar-refractivity contribution >= 4 is 11.9 Å². The van der Waals surface area contributed by atoms with E-state index >= 15 is 0 Å². The van der Waals surface area contributed by atoms with Crippen LogP contribution in [0.1, 0.15) is 31.1 Å². The van der Waals surface area contributed by atoms with Crippen LogP contribution in [0.3, 0.4) is 0 Å². The van der Waals surface area contributed by atoms with E-state index in [1.54, 1.807) is 12.2 Å². The predicted octanol–water partition coefficient (Wildman–Crippen LogP) is 1.67. The molecule has 1 aliphatic rings. The highest BCUT2D eigenvalue weighted by molar-refractivity contribution is 5.66. The lowest BCUT2D eigenvalue weighted by atomic mass is 10.0. The van der Waals surface area contributed by atoms with Crippen LogP contribution in [0.4, 0.5) is 0 Å². The highest BCUT2D eigenvalue weighted by atomic mass is 16.6. The van der Waals surface area contributed by atoms with E-state index in [-0.39, 0.29) is 19.3 Å². The van der Waals surface area contributed by atoms with E-state index < -0.39 is 24.1 Å². The van der Waals surface area contributed by atoms with Crippen molar-refractivity contribution in [2.24, 2.45) is 0 Å². The van der Waals surface area contributed by atoms with Gasteiger partial charge < -0.3 is 19.3 Å². The Bertz CT molecular complexity index is 595. The minimum atomic E-state index is -0.607. The van der Waals surface area contributed by atoms with Crippen LogP contribution in [-0.2, 0) is 30.4 Å². The van der Waals surface area contributed by atoms with Crippen molar-refractivity contribution in [3.05, 3.63) is 47.5 Å². The van der Waals surface area contributed by atoms with Crippen LogP contribution in [0.2, 0.25) is 0 Å². The number of ether oxygens (including phenoxy) is 3. The van der Waals surface area contributed by atoms with Crippen LogP contribution in [0.25, 0.3) is 0 Å². The second-order valence-corrected chi connectivity index (χ2v) is 5.26. The molecule has 6 nitrogen and oxygen atoms in total. The Labute approximate surface area is 134 Å². The molecule has 3 atom stereocenters. The monoisotopic (exact) mass is 320 g/mol. The Kier molecular flexibility index (Phi) is 5.90. The number of hydrogen-bond acceptors (Lipinski definition) is 6. The zero-order chi connectivity index (χ0) is 16.8. The maximum atomic E-state index is 11.2. The molecule has 1 aromatic rings. The summed E-state index contributed by atoms with van der Waals surface area (Å²) in [6, 6.07) is 7.36. The number of rotatable bonds is 5. The number of carbonyl (C=O) groups excluding carboxylic acids is 2. The van der Waals surface area contributed by atoms with Gasteiger partial charge in [0, 0.05) is 13.8 Å². The third-order valence-corrected chi connectivity index (χ3v) is 3.38. The normalized spacial score (nSPS) is 23.3. The molecule has 0 saturated heterocycles. The molecular weight excluding hydrogens is 300 g/mol. The minimum absolute atomic E-state index is 0.00614. The molecule has 0 saturated carbocycles. The molecule has 1 aliphatic heterocycles. The average molecular weight is 320 g/mol. The van der Waals surface area contributed by atoms with Crippen LogP contribution in [0.15, 0.2) is 36.4 Å². The van der Waals surface area contributed by atoms with Crippen LogP contribution >= 0.6 is 0 Å². The van der Waals surface area contributed by atoms with Crippen molar-refractivity contribution in [3.63, 3.8) is 0 Å². The first-order valence-corrected chi connectivity index (χ1v) is 7.33. The van der Waals surface area contributed by atoms with Gasteiger partial charge in [-0.25, -0.2) is 0 Å². The highest BCUT2D eigenvalue weighted by Gasteiger charge is 2.31. The van der Waals surface area contributed by atoms with Crippen molar-refractivity contribution in [1.29, 1.82) is 0 Å². The number of carbonyl (C=O) groups is 2. The first-order chi connectivity index (χ1) is 11.0. The van der Waals surface area contributed by atoms with Gasteiger partial charge in [-0.2, -0.15) is 0 Å². The predicted molar refractivity (Wildman–Crippen MR) is 81.3 cm³/mol. The quantitative estimate of drug-likeness (QED) is 0.656. The van der Waals surface area contributed by atoms with Crippen molar-refractivity contribution in [3.8, 4) is 0 Å². The van der Waals surface area contributed by atoms with Gasteiger partial charge in [0.1, 0.15) is 24.9 Å². The van der Waals surface area contributed by atoms with Crippen molar-refractivity contribution in [2.75, 3.05) is 6.61 Å². The molecule has 0 fully saturated rings. The Morgan fingerprint density at radius 2 is 2.00 bits per heavy atom. The molecule has 1 aromatic carbocycles. The number of benzene rings is 1. The summed E-state index contributed by atoms with van der Waals surface area (Å²) in [5, 5.41) is 9.23. The molecule has 0 amide bonds. The van der Waals surface area contributed by atoms with E-state index in [2.05, 4.69) is 0 Å². The number of esters is 2. The molecule has 6 heteroatoms. The summed E-state index contributed by atoms with van der Waals surface area (Å²) in [5.41, 5.74) is 1.64. The molecule has 3 unspecified atom stereocenters. The highest BCUT2D eigenvalue weighted by Crippen LogP contribution is 2.28. The molecule has 23 heavy (non-hydrogen) atoms. The molecule has 0 aromatic heterocycles. The number of aliphatic hydroxyl groups excluding tert-OH is 1. The van der Waals surface area contributed by atoms with Gasteiger partial charge in [-0.15, -0.1) is 0 Å². The fourth-order valence-corrected chi connectivity index (χ4v) is 2.34. The average Bonchev–Trinajstić information content (AvgIpc) is 2.53. The fraction of sp³-hybridized carbons (Fsp3) is 0.412. The SMILES string of the molecule is CC(=O)OCC1OC(c2cccc(CO)c2)C=CC1OC(C)=O.